The van der Waals surface area contributed by atoms with E-state index in [1.54, 1.807) is 49.8 Å². The first kappa shape index (κ1) is 25.3. The number of benzene rings is 2. The minimum atomic E-state index is -0.822. The number of alkyl halides is 1. The van der Waals surface area contributed by atoms with Crippen molar-refractivity contribution >= 4 is 17.6 Å². The fraction of sp³-hybridized carbons (Fsp3) is 0.346. The molecule has 0 fully saturated rings. The van der Waals surface area contributed by atoms with Crippen LogP contribution in [-0.4, -0.2) is 35.8 Å². The van der Waals surface area contributed by atoms with Crippen LogP contribution in [0.25, 0.3) is 0 Å². The predicted molar refractivity (Wildman–Crippen MR) is 130 cm³/mol. The highest BCUT2D eigenvalue weighted by Crippen LogP contribution is 2.28. The number of carbonyl (C=O) groups is 1. The molecule has 0 aliphatic carbocycles. The molecule has 2 aromatic carbocycles. The zero-order valence-electron chi connectivity index (χ0n) is 19.4. The van der Waals surface area contributed by atoms with Crippen molar-refractivity contribution in [3.8, 4) is 23.1 Å². The monoisotopic (exact) mass is 484 g/mol. The van der Waals surface area contributed by atoms with Crippen LogP contribution in [0, 0.1) is 0 Å². The van der Waals surface area contributed by atoms with Crippen LogP contribution in [0.1, 0.15) is 43.2 Å². The molecule has 1 unspecified atom stereocenters. The summed E-state index contributed by atoms with van der Waals surface area (Å²) in [6.07, 6.45) is 7.35. The van der Waals surface area contributed by atoms with Crippen LogP contribution in [0.4, 0.5) is 0 Å². The predicted octanol–water partition coefficient (Wildman–Crippen LogP) is 5.91. The van der Waals surface area contributed by atoms with Crippen LogP contribution >= 0.6 is 11.6 Å². The Labute approximate surface area is 205 Å². The third-order valence-electron chi connectivity index (χ3n) is 4.79. The number of nitrogens with zero attached hydrogens (tertiary/aromatic N) is 2. The highest BCUT2D eigenvalue weighted by Gasteiger charge is 2.18. The van der Waals surface area contributed by atoms with E-state index in [1.165, 1.54) is 0 Å². The van der Waals surface area contributed by atoms with E-state index in [4.69, 9.17) is 30.5 Å². The van der Waals surface area contributed by atoms with Gasteiger partial charge in [-0.25, -0.2) is 4.98 Å². The van der Waals surface area contributed by atoms with Crippen molar-refractivity contribution in [1.29, 1.82) is 0 Å². The average Bonchev–Trinajstić information content (AvgIpc) is 2.86. The van der Waals surface area contributed by atoms with Gasteiger partial charge in [0.1, 0.15) is 17.2 Å². The van der Waals surface area contributed by atoms with Crippen molar-refractivity contribution in [2.24, 2.45) is 0 Å². The Morgan fingerprint density at radius 2 is 1.76 bits per heavy atom. The second-order valence-electron chi connectivity index (χ2n) is 7.40. The largest absolute Gasteiger partial charge is 0.493 e. The Morgan fingerprint density at radius 1 is 1.00 bits per heavy atom. The number of hydrogen-bond donors (Lipinski definition) is 0. The van der Waals surface area contributed by atoms with Crippen LogP contribution in [0.5, 0.6) is 23.1 Å². The normalized spacial score (nSPS) is 11.5. The SMILES string of the molecule is CCCc1cc(Oc2cnccn2)ccc1OCCCOc1ccc(C(Cl)C(=O)OCC)cc1. The van der Waals surface area contributed by atoms with E-state index < -0.39 is 11.3 Å². The summed E-state index contributed by atoms with van der Waals surface area (Å²) in [6.45, 7) is 5.19. The number of ether oxygens (including phenoxy) is 4. The minimum Gasteiger partial charge on any atom is -0.493 e. The zero-order chi connectivity index (χ0) is 24.2. The van der Waals surface area contributed by atoms with E-state index in [1.807, 2.05) is 18.2 Å². The standard InChI is InChI=1S/C26H29ClN2O5/c1-3-6-20-17-22(34-24-18-28-13-14-29-24)11-12-23(20)33-16-5-15-32-21-9-7-19(8-10-21)25(27)26(30)31-4-2/h7-14,17-18,25H,3-6,15-16H2,1-2H3. The lowest BCUT2D eigenvalue weighted by atomic mass is 10.1. The first-order valence-electron chi connectivity index (χ1n) is 11.3. The molecular weight excluding hydrogens is 456 g/mol. The number of rotatable bonds is 13. The Kier molecular flexibility index (Phi) is 9.98. The minimum absolute atomic E-state index is 0.298. The summed E-state index contributed by atoms with van der Waals surface area (Å²) in [6, 6.07) is 12.9. The molecule has 0 spiro atoms. The Bertz CT molecular complexity index is 1030. The molecule has 0 N–H and O–H groups in total. The van der Waals surface area contributed by atoms with Crippen molar-refractivity contribution in [1.82, 2.24) is 9.97 Å². The number of aryl methyl sites for hydroxylation is 1. The van der Waals surface area contributed by atoms with Gasteiger partial charge in [0.05, 0.1) is 26.0 Å². The van der Waals surface area contributed by atoms with Crippen LogP contribution in [0.2, 0.25) is 0 Å². The van der Waals surface area contributed by atoms with Gasteiger partial charge in [0, 0.05) is 18.8 Å². The summed E-state index contributed by atoms with van der Waals surface area (Å²) in [5.41, 5.74) is 1.75. The van der Waals surface area contributed by atoms with Crippen LogP contribution < -0.4 is 14.2 Å². The molecule has 0 amide bonds. The third-order valence-corrected chi connectivity index (χ3v) is 5.22. The van der Waals surface area contributed by atoms with Gasteiger partial charge in [0.25, 0.3) is 0 Å². The second-order valence-corrected chi connectivity index (χ2v) is 7.84. The maximum Gasteiger partial charge on any atom is 0.328 e. The molecule has 1 aromatic heterocycles. The van der Waals surface area contributed by atoms with E-state index in [9.17, 15) is 4.79 Å². The fourth-order valence-corrected chi connectivity index (χ4v) is 3.41. The molecule has 7 nitrogen and oxygen atoms in total. The van der Waals surface area contributed by atoms with Crippen LogP contribution in [0.3, 0.4) is 0 Å². The van der Waals surface area contributed by atoms with Crippen molar-refractivity contribution < 1.29 is 23.7 Å². The zero-order valence-corrected chi connectivity index (χ0v) is 20.2. The highest BCUT2D eigenvalue weighted by atomic mass is 35.5. The van der Waals surface area contributed by atoms with Crippen molar-refractivity contribution in [3.63, 3.8) is 0 Å². The Hall–Kier alpha value is -3.32. The molecule has 0 aliphatic heterocycles. The van der Waals surface area contributed by atoms with Gasteiger partial charge in [0.2, 0.25) is 5.88 Å². The summed E-state index contributed by atoms with van der Waals surface area (Å²) in [4.78, 5) is 19.9. The maximum absolute atomic E-state index is 11.7. The molecule has 180 valence electrons. The topological polar surface area (TPSA) is 79.8 Å². The van der Waals surface area contributed by atoms with Gasteiger partial charge in [0.15, 0.2) is 5.38 Å². The van der Waals surface area contributed by atoms with Gasteiger partial charge < -0.3 is 18.9 Å². The quantitative estimate of drug-likeness (QED) is 0.169. The molecule has 0 radical (unpaired) electrons. The van der Waals surface area contributed by atoms with Gasteiger partial charge in [-0.2, -0.15) is 0 Å². The first-order chi connectivity index (χ1) is 16.6. The molecule has 0 aliphatic rings. The first-order valence-corrected chi connectivity index (χ1v) is 11.8. The van der Waals surface area contributed by atoms with Crippen molar-refractivity contribution in [3.05, 3.63) is 72.2 Å². The third kappa shape index (κ3) is 7.63. The van der Waals surface area contributed by atoms with E-state index >= 15 is 0 Å². The molecule has 0 bridgehead atoms. The van der Waals surface area contributed by atoms with E-state index in [0.29, 0.717) is 49.2 Å². The maximum atomic E-state index is 11.7. The van der Waals surface area contributed by atoms with Crippen molar-refractivity contribution in [2.75, 3.05) is 19.8 Å². The van der Waals surface area contributed by atoms with Crippen LogP contribution in [0.15, 0.2) is 61.1 Å². The summed E-state index contributed by atoms with van der Waals surface area (Å²) < 4.78 is 22.5. The summed E-state index contributed by atoms with van der Waals surface area (Å²) >= 11 is 6.13. The lowest BCUT2D eigenvalue weighted by Gasteiger charge is -2.14. The van der Waals surface area contributed by atoms with Gasteiger partial charge in [-0.05, 0) is 54.8 Å². The van der Waals surface area contributed by atoms with Gasteiger partial charge >= 0.3 is 5.97 Å². The molecule has 0 saturated heterocycles. The van der Waals surface area contributed by atoms with E-state index in [2.05, 4.69) is 16.9 Å². The number of aromatic nitrogens is 2. The fourth-order valence-electron chi connectivity index (χ4n) is 3.20. The van der Waals surface area contributed by atoms with Gasteiger partial charge in [-0.1, -0.05) is 25.5 Å². The molecule has 1 atom stereocenters. The Balaban J connectivity index is 1.46. The highest BCUT2D eigenvalue weighted by molar-refractivity contribution is 6.29. The number of carbonyl (C=O) groups excluding carboxylic acids is 1. The van der Waals surface area contributed by atoms with E-state index in [-0.39, 0.29) is 0 Å². The summed E-state index contributed by atoms with van der Waals surface area (Å²) in [5.74, 6) is 2.24. The summed E-state index contributed by atoms with van der Waals surface area (Å²) in [5, 5.41) is -0.822. The Morgan fingerprint density at radius 3 is 2.47 bits per heavy atom. The van der Waals surface area contributed by atoms with Crippen LogP contribution in [-0.2, 0) is 16.0 Å². The lowest BCUT2D eigenvalue weighted by molar-refractivity contribution is -0.142. The molecule has 3 rings (SSSR count). The second kappa shape index (κ2) is 13.4. The molecule has 3 aromatic rings. The van der Waals surface area contributed by atoms with Gasteiger partial charge in [-0.3, -0.25) is 9.78 Å². The molecule has 34 heavy (non-hydrogen) atoms. The number of halogens is 1. The molecular formula is C26H29ClN2O5. The number of esters is 1. The van der Waals surface area contributed by atoms with Gasteiger partial charge in [-0.15, -0.1) is 11.6 Å². The number of hydrogen-bond acceptors (Lipinski definition) is 7. The summed E-state index contributed by atoms with van der Waals surface area (Å²) in [7, 11) is 0. The molecule has 1 heterocycles. The average molecular weight is 485 g/mol. The molecule has 8 heteroatoms. The smallest absolute Gasteiger partial charge is 0.328 e. The molecule has 0 saturated carbocycles. The van der Waals surface area contributed by atoms with E-state index in [0.717, 1.165) is 24.2 Å². The van der Waals surface area contributed by atoms with Crippen molar-refractivity contribution in [2.45, 2.75) is 38.5 Å². The lowest BCUT2D eigenvalue weighted by Crippen LogP contribution is -2.11.